The number of hydrogen-bond acceptors (Lipinski definition) is 5. The standard InChI is InChI=1S/C5H13O5P/c6-11(7,8)10-4-5-2-1-3-9-5/h5-8,11H,1-4H2/t5-/m0/s1. The molecule has 0 radical (unpaired) electrons. The van der Waals surface area contributed by atoms with E-state index in [4.69, 9.17) is 19.4 Å². The molecule has 1 heterocycles. The van der Waals surface area contributed by atoms with Crippen molar-refractivity contribution in [1.29, 1.82) is 0 Å². The van der Waals surface area contributed by atoms with Crippen molar-refractivity contribution in [2.45, 2.75) is 18.9 Å². The Bertz CT molecular complexity index is 117. The van der Waals surface area contributed by atoms with Crippen molar-refractivity contribution in [3.05, 3.63) is 0 Å². The summed E-state index contributed by atoms with van der Waals surface area (Å²) in [5, 5.41) is 0. The molecule has 0 aromatic rings. The van der Waals surface area contributed by atoms with Crippen molar-refractivity contribution in [1.82, 2.24) is 0 Å². The average Bonchev–Trinajstić information content (AvgIpc) is 2.32. The van der Waals surface area contributed by atoms with E-state index < -0.39 is 8.17 Å². The van der Waals surface area contributed by atoms with E-state index in [9.17, 15) is 0 Å². The Morgan fingerprint density at radius 3 is 2.64 bits per heavy atom. The molecule has 0 amide bonds. The fourth-order valence-electron chi connectivity index (χ4n) is 0.981. The van der Waals surface area contributed by atoms with Crippen molar-refractivity contribution in [2.24, 2.45) is 0 Å². The van der Waals surface area contributed by atoms with E-state index in [-0.39, 0.29) is 12.7 Å². The van der Waals surface area contributed by atoms with Gasteiger partial charge in [0.25, 0.3) is 0 Å². The molecule has 1 fully saturated rings. The van der Waals surface area contributed by atoms with Crippen LogP contribution in [0.25, 0.3) is 0 Å². The SMILES string of the molecule is O[PH](O)(O)OC[C@@H]1CCCO1. The van der Waals surface area contributed by atoms with Crippen LogP contribution in [0, 0.1) is 0 Å². The van der Waals surface area contributed by atoms with Gasteiger partial charge in [-0.05, 0) is 0 Å². The number of ether oxygens (including phenoxy) is 1. The Hall–Kier alpha value is 0.230. The fraction of sp³-hybridized carbons (Fsp3) is 1.00. The molecule has 11 heavy (non-hydrogen) atoms. The molecule has 1 rings (SSSR count). The predicted molar refractivity (Wildman–Crippen MR) is 39.9 cm³/mol. The first-order valence-electron chi connectivity index (χ1n) is 3.50. The maximum atomic E-state index is 8.45. The van der Waals surface area contributed by atoms with Crippen molar-refractivity contribution < 1.29 is 23.9 Å². The molecule has 3 N–H and O–H groups in total. The van der Waals surface area contributed by atoms with Crippen LogP contribution in [0.4, 0.5) is 0 Å². The predicted octanol–water partition coefficient (Wildman–Crippen LogP) is -0.431. The van der Waals surface area contributed by atoms with Crippen molar-refractivity contribution in [2.75, 3.05) is 13.2 Å². The second-order valence-electron chi connectivity index (χ2n) is 2.52. The van der Waals surface area contributed by atoms with Crippen LogP contribution in [0.2, 0.25) is 0 Å². The minimum absolute atomic E-state index is 0.0652. The van der Waals surface area contributed by atoms with Gasteiger partial charge in [0.05, 0.1) is 0 Å². The molecule has 0 aromatic carbocycles. The Kier molecular flexibility index (Phi) is 3.18. The van der Waals surface area contributed by atoms with Gasteiger partial charge in [-0.1, -0.05) is 0 Å². The van der Waals surface area contributed by atoms with Crippen LogP contribution >= 0.6 is 8.17 Å². The van der Waals surface area contributed by atoms with Crippen LogP contribution in [-0.2, 0) is 9.26 Å². The summed E-state index contributed by atoms with van der Waals surface area (Å²) in [6.07, 6.45) is 1.73. The van der Waals surface area contributed by atoms with Crippen molar-refractivity contribution >= 4 is 8.17 Å². The molecule has 0 aromatic heterocycles. The van der Waals surface area contributed by atoms with Gasteiger partial charge >= 0.3 is 64.3 Å². The van der Waals surface area contributed by atoms with Gasteiger partial charge in [-0.15, -0.1) is 0 Å². The first-order valence-corrected chi connectivity index (χ1v) is 5.25. The van der Waals surface area contributed by atoms with E-state index in [0.29, 0.717) is 6.61 Å². The van der Waals surface area contributed by atoms with E-state index in [1.807, 2.05) is 0 Å². The van der Waals surface area contributed by atoms with Crippen LogP contribution in [0.3, 0.4) is 0 Å². The van der Waals surface area contributed by atoms with E-state index in [1.165, 1.54) is 0 Å². The third kappa shape index (κ3) is 3.96. The van der Waals surface area contributed by atoms with Gasteiger partial charge in [0.1, 0.15) is 0 Å². The van der Waals surface area contributed by atoms with Gasteiger partial charge in [-0.25, -0.2) is 0 Å². The quantitative estimate of drug-likeness (QED) is 0.518. The molecule has 0 spiro atoms. The molecule has 6 heteroatoms. The molecular weight excluding hydrogens is 171 g/mol. The Labute approximate surface area is 65.2 Å². The van der Waals surface area contributed by atoms with Gasteiger partial charge in [0.2, 0.25) is 0 Å². The molecule has 0 bridgehead atoms. The Morgan fingerprint density at radius 2 is 2.18 bits per heavy atom. The van der Waals surface area contributed by atoms with Crippen LogP contribution in [0.5, 0.6) is 0 Å². The molecule has 0 aliphatic carbocycles. The minimum atomic E-state index is -4.30. The normalized spacial score (nSPS) is 27.4. The van der Waals surface area contributed by atoms with E-state index >= 15 is 0 Å². The Balaban J connectivity index is 2.11. The summed E-state index contributed by atoms with van der Waals surface area (Å²) in [5.41, 5.74) is 0. The summed E-state index contributed by atoms with van der Waals surface area (Å²) in [4.78, 5) is 25.4. The number of rotatable bonds is 3. The third-order valence-electron chi connectivity index (χ3n) is 1.49. The fourth-order valence-corrected chi connectivity index (χ4v) is 1.39. The second kappa shape index (κ2) is 3.76. The van der Waals surface area contributed by atoms with Crippen molar-refractivity contribution in [3.8, 4) is 0 Å². The molecule has 1 atom stereocenters. The van der Waals surface area contributed by atoms with Gasteiger partial charge in [-0.3, -0.25) is 0 Å². The third-order valence-corrected chi connectivity index (χ3v) is 2.04. The molecule has 1 aliphatic heterocycles. The number of hydrogen-bond donors (Lipinski definition) is 3. The summed E-state index contributed by atoms with van der Waals surface area (Å²) >= 11 is 0. The van der Waals surface area contributed by atoms with Gasteiger partial charge in [-0.2, -0.15) is 0 Å². The summed E-state index contributed by atoms with van der Waals surface area (Å²) in [6.45, 7) is 0.751. The summed E-state index contributed by atoms with van der Waals surface area (Å²) < 4.78 is 9.51. The molecule has 68 valence electrons. The second-order valence-corrected chi connectivity index (χ2v) is 3.96. The molecule has 1 aliphatic rings. The molecular formula is C5H13O5P. The van der Waals surface area contributed by atoms with E-state index in [1.54, 1.807) is 0 Å². The van der Waals surface area contributed by atoms with E-state index in [2.05, 4.69) is 4.52 Å². The molecule has 0 saturated carbocycles. The zero-order chi connectivity index (χ0) is 8.32. The zero-order valence-electron chi connectivity index (χ0n) is 6.06. The van der Waals surface area contributed by atoms with Crippen molar-refractivity contribution in [3.63, 3.8) is 0 Å². The summed E-state index contributed by atoms with van der Waals surface area (Å²) in [5.74, 6) is 0. The molecule has 5 nitrogen and oxygen atoms in total. The van der Waals surface area contributed by atoms with E-state index in [0.717, 1.165) is 12.8 Å². The summed E-state index contributed by atoms with van der Waals surface area (Å²) in [6, 6.07) is 0. The average molecular weight is 184 g/mol. The first kappa shape index (κ1) is 9.32. The van der Waals surface area contributed by atoms with Crippen LogP contribution in [-0.4, -0.2) is 34.0 Å². The zero-order valence-corrected chi connectivity index (χ0v) is 7.06. The van der Waals surface area contributed by atoms with Crippen LogP contribution < -0.4 is 0 Å². The van der Waals surface area contributed by atoms with Gasteiger partial charge in [0.15, 0.2) is 0 Å². The van der Waals surface area contributed by atoms with Crippen LogP contribution in [0.1, 0.15) is 12.8 Å². The maximum absolute atomic E-state index is 8.45. The first-order chi connectivity index (χ1) is 5.08. The molecule has 0 unspecified atom stereocenters. The van der Waals surface area contributed by atoms with Crippen LogP contribution in [0.15, 0.2) is 0 Å². The topological polar surface area (TPSA) is 79.2 Å². The summed E-state index contributed by atoms with van der Waals surface area (Å²) in [7, 11) is -4.30. The Morgan fingerprint density at radius 1 is 1.45 bits per heavy atom. The van der Waals surface area contributed by atoms with Gasteiger partial charge in [0, 0.05) is 0 Å². The van der Waals surface area contributed by atoms with Gasteiger partial charge < -0.3 is 0 Å². The monoisotopic (exact) mass is 184 g/mol. The molecule has 1 saturated heterocycles.